The zero-order valence-corrected chi connectivity index (χ0v) is 15.2. The first kappa shape index (κ1) is 16.8. The summed E-state index contributed by atoms with van der Waals surface area (Å²) in [6, 6.07) is 18.7. The number of para-hydroxylation sites is 2. The first-order valence-corrected chi connectivity index (χ1v) is 9.52. The molecular weight excluding hydrogens is 322 g/mol. The molecule has 0 saturated heterocycles. The minimum atomic E-state index is -0.0766. The van der Waals surface area contributed by atoms with Crippen LogP contribution in [0.15, 0.2) is 54.6 Å². The molecule has 0 aliphatic heterocycles. The molecule has 1 aromatic heterocycles. The number of imidazole rings is 1. The predicted octanol–water partition coefficient (Wildman–Crippen LogP) is 4.26. The van der Waals surface area contributed by atoms with Crippen LogP contribution in [0, 0.1) is 5.92 Å². The predicted molar refractivity (Wildman–Crippen MR) is 104 cm³/mol. The molecule has 1 amide bonds. The van der Waals surface area contributed by atoms with E-state index < -0.39 is 0 Å². The van der Waals surface area contributed by atoms with Crippen LogP contribution in [-0.2, 0) is 17.8 Å². The van der Waals surface area contributed by atoms with Crippen molar-refractivity contribution < 1.29 is 4.79 Å². The fourth-order valence-corrected chi connectivity index (χ4v) is 3.49. The van der Waals surface area contributed by atoms with Gasteiger partial charge in [-0.15, -0.1) is 0 Å². The molecule has 0 radical (unpaired) electrons. The van der Waals surface area contributed by atoms with Crippen molar-refractivity contribution in [2.75, 3.05) is 0 Å². The van der Waals surface area contributed by atoms with Crippen molar-refractivity contribution in [1.29, 1.82) is 0 Å². The summed E-state index contributed by atoms with van der Waals surface area (Å²) in [5.74, 6) is 1.34. The normalized spacial score (nSPS) is 15.1. The second-order valence-corrected chi connectivity index (χ2v) is 7.20. The van der Waals surface area contributed by atoms with Gasteiger partial charge in [-0.25, -0.2) is 4.98 Å². The Morgan fingerprint density at radius 1 is 1.15 bits per heavy atom. The molecule has 1 aliphatic carbocycles. The van der Waals surface area contributed by atoms with E-state index in [2.05, 4.69) is 52.3 Å². The summed E-state index contributed by atoms with van der Waals surface area (Å²) >= 11 is 0. The van der Waals surface area contributed by atoms with Gasteiger partial charge in [-0.05, 0) is 50.3 Å². The topological polar surface area (TPSA) is 46.9 Å². The number of nitrogens with zero attached hydrogens (tertiary/aromatic N) is 2. The fourth-order valence-electron chi connectivity index (χ4n) is 3.49. The SMILES string of the molecule is CC(NC(=O)C1CC1)c1nc2ccccc2n1CCCc1ccccc1. The minimum Gasteiger partial charge on any atom is -0.346 e. The summed E-state index contributed by atoms with van der Waals surface area (Å²) in [4.78, 5) is 17.0. The van der Waals surface area contributed by atoms with Crippen LogP contribution in [0.5, 0.6) is 0 Å². The van der Waals surface area contributed by atoms with E-state index in [0.29, 0.717) is 0 Å². The van der Waals surface area contributed by atoms with Gasteiger partial charge < -0.3 is 9.88 Å². The number of aromatic nitrogens is 2. The van der Waals surface area contributed by atoms with Crippen LogP contribution in [0.4, 0.5) is 0 Å². The highest BCUT2D eigenvalue weighted by Crippen LogP contribution is 2.30. The molecule has 4 nitrogen and oxygen atoms in total. The fraction of sp³-hybridized carbons (Fsp3) is 0.364. The van der Waals surface area contributed by atoms with Crippen molar-refractivity contribution in [3.8, 4) is 0 Å². The van der Waals surface area contributed by atoms with Crippen molar-refractivity contribution in [2.45, 2.75) is 45.2 Å². The Bertz CT molecular complexity index is 896. The van der Waals surface area contributed by atoms with E-state index in [-0.39, 0.29) is 17.9 Å². The van der Waals surface area contributed by atoms with Crippen LogP contribution in [0.2, 0.25) is 0 Å². The number of rotatable bonds is 7. The Kier molecular flexibility index (Phi) is 4.74. The van der Waals surface area contributed by atoms with E-state index in [9.17, 15) is 4.79 Å². The summed E-state index contributed by atoms with van der Waals surface area (Å²) in [6.07, 6.45) is 4.12. The van der Waals surface area contributed by atoms with Crippen LogP contribution in [-0.4, -0.2) is 15.5 Å². The number of hydrogen-bond acceptors (Lipinski definition) is 2. The molecule has 1 saturated carbocycles. The first-order valence-electron chi connectivity index (χ1n) is 9.52. The van der Waals surface area contributed by atoms with Gasteiger partial charge >= 0.3 is 0 Å². The standard InChI is InChI=1S/C22H25N3O/c1-16(23-22(26)18-13-14-18)21-24-19-11-5-6-12-20(19)25(21)15-7-10-17-8-3-2-4-9-17/h2-6,8-9,11-12,16,18H,7,10,13-15H2,1H3,(H,23,26). The zero-order chi connectivity index (χ0) is 17.9. The molecule has 1 N–H and O–H groups in total. The highest BCUT2D eigenvalue weighted by atomic mass is 16.2. The molecule has 4 rings (SSSR count). The van der Waals surface area contributed by atoms with Gasteiger partial charge in [0.25, 0.3) is 0 Å². The molecule has 134 valence electrons. The Balaban J connectivity index is 1.53. The van der Waals surface area contributed by atoms with Crippen molar-refractivity contribution >= 4 is 16.9 Å². The van der Waals surface area contributed by atoms with Gasteiger partial charge in [0, 0.05) is 12.5 Å². The number of fused-ring (bicyclic) bond motifs is 1. The smallest absolute Gasteiger partial charge is 0.223 e. The van der Waals surface area contributed by atoms with Crippen molar-refractivity contribution in [1.82, 2.24) is 14.9 Å². The van der Waals surface area contributed by atoms with E-state index in [4.69, 9.17) is 4.98 Å². The molecule has 0 bridgehead atoms. The summed E-state index contributed by atoms with van der Waals surface area (Å²) in [5, 5.41) is 3.15. The first-order chi connectivity index (χ1) is 12.7. The van der Waals surface area contributed by atoms with Crippen LogP contribution in [0.25, 0.3) is 11.0 Å². The van der Waals surface area contributed by atoms with Gasteiger partial charge in [-0.2, -0.15) is 0 Å². The maximum Gasteiger partial charge on any atom is 0.223 e. The summed E-state index contributed by atoms with van der Waals surface area (Å²) in [5.41, 5.74) is 3.49. The second kappa shape index (κ2) is 7.32. The third-order valence-corrected chi connectivity index (χ3v) is 5.07. The summed E-state index contributed by atoms with van der Waals surface area (Å²) < 4.78 is 2.27. The average Bonchev–Trinajstić information content (AvgIpc) is 3.45. The Hall–Kier alpha value is -2.62. The van der Waals surface area contributed by atoms with Crippen LogP contribution in [0.1, 0.15) is 43.6 Å². The highest BCUT2D eigenvalue weighted by molar-refractivity contribution is 5.81. The third-order valence-electron chi connectivity index (χ3n) is 5.07. The highest BCUT2D eigenvalue weighted by Gasteiger charge is 2.31. The molecule has 1 heterocycles. The number of nitrogens with one attached hydrogen (secondary N) is 1. The number of carbonyl (C=O) groups excluding carboxylic acids is 1. The van der Waals surface area contributed by atoms with Gasteiger partial charge in [0.05, 0.1) is 17.1 Å². The Morgan fingerprint density at radius 2 is 1.88 bits per heavy atom. The number of carbonyl (C=O) groups is 1. The Morgan fingerprint density at radius 3 is 2.65 bits per heavy atom. The van der Waals surface area contributed by atoms with Crippen LogP contribution in [0.3, 0.4) is 0 Å². The van der Waals surface area contributed by atoms with E-state index in [0.717, 1.165) is 49.1 Å². The molecule has 26 heavy (non-hydrogen) atoms. The lowest BCUT2D eigenvalue weighted by molar-refractivity contribution is -0.123. The van der Waals surface area contributed by atoms with Gasteiger partial charge in [0.2, 0.25) is 5.91 Å². The van der Waals surface area contributed by atoms with E-state index in [1.54, 1.807) is 0 Å². The lowest BCUT2D eigenvalue weighted by Crippen LogP contribution is -2.29. The average molecular weight is 347 g/mol. The molecule has 0 spiro atoms. The van der Waals surface area contributed by atoms with Crippen LogP contribution >= 0.6 is 0 Å². The monoisotopic (exact) mass is 347 g/mol. The van der Waals surface area contributed by atoms with E-state index in [1.165, 1.54) is 5.56 Å². The molecule has 1 unspecified atom stereocenters. The lowest BCUT2D eigenvalue weighted by atomic mass is 10.1. The van der Waals surface area contributed by atoms with E-state index in [1.807, 2.05) is 19.1 Å². The number of hydrogen-bond donors (Lipinski definition) is 1. The minimum absolute atomic E-state index is 0.0766. The zero-order valence-electron chi connectivity index (χ0n) is 15.2. The molecular formula is C22H25N3O. The van der Waals surface area contributed by atoms with Crippen molar-refractivity contribution in [3.63, 3.8) is 0 Å². The Labute approximate surface area is 154 Å². The number of benzene rings is 2. The van der Waals surface area contributed by atoms with Crippen LogP contribution < -0.4 is 5.32 Å². The molecule has 4 heteroatoms. The molecule has 2 aromatic carbocycles. The third kappa shape index (κ3) is 3.64. The van der Waals surface area contributed by atoms with Crippen molar-refractivity contribution in [2.24, 2.45) is 5.92 Å². The van der Waals surface area contributed by atoms with Crippen molar-refractivity contribution in [3.05, 3.63) is 66.0 Å². The molecule has 1 atom stereocenters. The number of amides is 1. The quantitative estimate of drug-likeness (QED) is 0.694. The lowest BCUT2D eigenvalue weighted by Gasteiger charge is -2.16. The maximum absolute atomic E-state index is 12.2. The number of aryl methyl sites for hydroxylation is 2. The van der Waals surface area contributed by atoms with Gasteiger partial charge in [0.1, 0.15) is 5.82 Å². The molecule has 1 fully saturated rings. The van der Waals surface area contributed by atoms with Gasteiger partial charge in [-0.1, -0.05) is 42.5 Å². The summed E-state index contributed by atoms with van der Waals surface area (Å²) in [7, 11) is 0. The van der Waals surface area contributed by atoms with E-state index >= 15 is 0 Å². The van der Waals surface area contributed by atoms with Gasteiger partial charge in [0.15, 0.2) is 0 Å². The largest absolute Gasteiger partial charge is 0.346 e. The maximum atomic E-state index is 12.2. The molecule has 3 aromatic rings. The summed E-state index contributed by atoms with van der Waals surface area (Å²) in [6.45, 7) is 2.93. The van der Waals surface area contributed by atoms with Gasteiger partial charge in [-0.3, -0.25) is 4.79 Å². The molecule has 1 aliphatic rings. The second-order valence-electron chi connectivity index (χ2n) is 7.20.